The molecular formula is C15H20N4O2. The van der Waals surface area contributed by atoms with Gasteiger partial charge in [0.25, 0.3) is 0 Å². The number of amides is 1. The van der Waals surface area contributed by atoms with Gasteiger partial charge in [-0.3, -0.25) is 4.79 Å². The zero-order valence-electron chi connectivity index (χ0n) is 12.5. The molecule has 0 bridgehead atoms. The van der Waals surface area contributed by atoms with E-state index in [9.17, 15) is 4.79 Å². The highest BCUT2D eigenvalue weighted by Crippen LogP contribution is 2.23. The maximum atomic E-state index is 12.0. The minimum Gasteiger partial charge on any atom is -0.423 e. The molecule has 1 aromatic heterocycles. The molecule has 3 N–H and O–H groups in total. The van der Waals surface area contributed by atoms with Gasteiger partial charge in [-0.15, -0.1) is 10.2 Å². The van der Waals surface area contributed by atoms with Crippen molar-refractivity contribution < 1.29 is 9.21 Å². The summed E-state index contributed by atoms with van der Waals surface area (Å²) < 4.78 is 5.15. The van der Waals surface area contributed by atoms with Crippen molar-refractivity contribution in [2.45, 2.75) is 33.2 Å². The first kappa shape index (κ1) is 15.2. The smallest absolute Gasteiger partial charge is 0.247 e. The van der Waals surface area contributed by atoms with Crippen molar-refractivity contribution in [1.29, 1.82) is 0 Å². The normalized spacial score (nSPS) is 12.4. The molecule has 1 unspecified atom stereocenters. The Balaban J connectivity index is 2.09. The van der Waals surface area contributed by atoms with E-state index >= 15 is 0 Å². The van der Waals surface area contributed by atoms with Gasteiger partial charge >= 0.3 is 0 Å². The Kier molecular flexibility index (Phi) is 4.70. The van der Waals surface area contributed by atoms with Gasteiger partial charge in [-0.1, -0.05) is 13.8 Å². The predicted octanol–water partition coefficient (Wildman–Crippen LogP) is 2.36. The minimum absolute atomic E-state index is 0.169. The number of aromatic nitrogens is 2. The van der Waals surface area contributed by atoms with Crippen LogP contribution in [0.1, 0.15) is 25.8 Å². The van der Waals surface area contributed by atoms with Crippen LogP contribution in [0.15, 0.2) is 29.0 Å². The monoisotopic (exact) mass is 288 g/mol. The number of carbonyl (C=O) groups excluding carboxylic acids is 1. The first-order valence-electron chi connectivity index (χ1n) is 6.91. The summed E-state index contributed by atoms with van der Waals surface area (Å²) in [5.41, 5.74) is 8.34. The van der Waals surface area contributed by atoms with Crippen molar-refractivity contribution in [1.82, 2.24) is 10.2 Å². The van der Waals surface area contributed by atoms with Gasteiger partial charge in [-0.25, -0.2) is 0 Å². The lowest BCUT2D eigenvalue weighted by Crippen LogP contribution is -2.36. The predicted molar refractivity (Wildman–Crippen MR) is 80.5 cm³/mol. The number of rotatable bonds is 5. The molecule has 1 heterocycles. The van der Waals surface area contributed by atoms with Crippen molar-refractivity contribution in [3.05, 3.63) is 30.2 Å². The van der Waals surface area contributed by atoms with Crippen LogP contribution in [0.25, 0.3) is 11.5 Å². The van der Waals surface area contributed by atoms with E-state index in [2.05, 4.69) is 15.5 Å². The first-order valence-corrected chi connectivity index (χ1v) is 6.91. The Morgan fingerprint density at radius 3 is 2.76 bits per heavy atom. The molecule has 0 saturated carbocycles. The number of hydrogen-bond donors (Lipinski definition) is 2. The van der Waals surface area contributed by atoms with Gasteiger partial charge in [0, 0.05) is 11.3 Å². The fourth-order valence-electron chi connectivity index (χ4n) is 2.08. The Morgan fingerprint density at radius 2 is 2.19 bits per heavy atom. The summed E-state index contributed by atoms with van der Waals surface area (Å²) in [6, 6.07) is 5.02. The average Bonchev–Trinajstić information content (AvgIpc) is 2.94. The van der Waals surface area contributed by atoms with Crippen LogP contribution in [-0.2, 0) is 4.79 Å². The molecular weight excluding hydrogens is 268 g/mol. The zero-order chi connectivity index (χ0) is 15.4. The van der Waals surface area contributed by atoms with Gasteiger partial charge < -0.3 is 15.5 Å². The quantitative estimate of drug-likeness (QED) is 0.880. The van der Waals surface area contributed by atoms with Crippen molar-refractivity contribution in [2.24, 2.45) is 11.7 Å². The van der Waals surface area contributed by atoms with Crippen LogP contribution in [0, 0.1) is 12.8 Å². The number of benzene rings is 1. The second-order valence-corrected chi connectivity index (χ2v) is 5.50. The van der Waals surface area contributed by atoms with Crippen molar-refractivity contribution in [3.8, 4) is 11.5 Å². The summed E-state index contributed by atoms with van der Waals surface area (Å²) in [6.07, 6.45) is 1.94. The number of nitrogens with one attached hydrogen (secondary N) is 1. The molecule has 0 saturated heterocycles. The molecule has 0 spiro atoms. The second kappa shape index (κ2) is 6.49. The van der Waals surface area contributed by atoms with Crippen LogP contribution in [0.4, 0.5) is 5.69 Å². The first-order chi connectivity index (χ1) is 9.97. The number of nitrogens with zero attached hydrogens (tertiary/aromatic N) is 2. The van der Waals surface area contributed by atoms with Gasteiger partial charge in [-0.05, 0) is 43.0 Å². The summed E-state index contributed by atoms with van der Waals surface area (Å²) in [5, 5.41) is 10.4. The second-order valence-electron chi connectivity index (χ2n) is 5.50. The van der Waals surface area contributed by atoms with Crippen LogP contribution >= 0.6 is 0 Å². The number of nitrogens with two attached hydrogens (primary N) is 1. The molecule has 0 aliphatic rings. The highest BCUT2D eigenvalue weighted by molar-refractivity contribution is 5.95. The van der Waals surface area contributed by atoms with E-state index < -0.39 is 6.04 Å². The van der Waals surface area contributed by atoms with E-state index in [0.717, 1.165) is 16.8 Å². The van der Waals surface area contributed by atoms with Gasteiger partial charge in [0.15, 0.2) is 0 Å². The lowest BCUT2D eigenvalue weighted by atomic mass is 10.0. The molecule has 112 valence electrons. The third-order valence-electron chi connectivity index (χ3n) is 3.15. The highest BCUT2D eigenvalue weighted by Gasteiger charge is 2.16. The largest absolute Gasteiger partial charge is 0.423 e. The molecule has 2 rings (SSSR count). The number of hydrogen-bond acceptors (Lipinski definition) is 5. The maximum Gasteiger partial charge on any atom is 0.247 e. The van der Waals surface area contributed by atoms with E-state index in [1.54, 1.807) is 0 Å². The lowest BCUT2D eigenvalue weighted by molar-refractivity contribution is -0.117. The third-order valence-corrected chi connectivity index (χ3v) is 3.15. The van der Waals surface area contributed by atoms with Crippen LogP contribution in [-0.4, -0.2) is 22.1 Å². The van der Waals surface area contributed by atoms with Crippen molar-refractivity contribution in [2.75, 3.05) is 5.32 Å². The fourth-order valence-corrected chi connectivity index (χ4v) is 2.08. The van der Waals surface area contributed by atoms with E-state index in [0.29, 0.717) is 18.2 Å². The molecule has 1 aromatic carbocycles. The van der Waals surface area contributed by atoms with Gasteiger partial charge in [0.2, 0.25) is 18.2 Å². The van der Waals surface area contributed by atoms with E-state index in [4.69, 9.17) is 10.2 Å². The highest BCUT2D eigenvalue weighted by atomic mass is 16.4. The minimum atomic E-state index is -0.500. The van der Waals surface area contributed by atoms with Crippen LogP contribution in [0.2, 0.25) is 0 Å². The molecule has 0 aliphatic heterocycles. The standard InChI is InChI=1S/C15H20N4O2/c1-9(2)6-12(16)14(20)18-13-5-4-11(7-10(13)3)15-19-17-8-21-15/h4-5,7-9,12H,6,16H2,1-3H3,(H,18,20). The molecule has 21 heavy (non-hydrogen) atoms. The topological polar surface area (TPSA) is 94.0 Å². The molecule has 0 fully saturated rings. The maximum absolute atomic E-state index is 12.0. The molecule has 2 aromatic rings. The Labute approximate surface area is 123 Å². The van der Waals surface area contributed by atoms with Gasteiger partial charge in [0.1, 0.15) is 0 Å². The average molecular weight is 288 g/mol. The van der Waals surface area contributed by atoms with E-state index in [1.165, 1.54) is 6.39 Å². The number of carbonyl (C=O) groups is 1. The Hall–Kier alpha value is -2.21. The van der Waals surface area contributed by atoms with Gasteiger partial charge in [-0.2, -0.15) is 0 Å². The number of anilines is 1. The Bertz CT molecular complexity index is 608. The van der Waals surface area contributed by atoms with Gasteiger partial charge in [0.05, 0.1) is 6.04 Å². The molecule has 6 nitrogen and oxygen atoms in total. The SMILES string of the molecule is Cc1cc(-c2nnco2)ccc1NC(=O)C(N)CC(C)C. The van der Waals surface area contributed by atoms with Crippen LogP contribution < -0.4 is 11.1 Å². The lowest BCUT2D eigenvalue weighted by Gasteiger charge is -2.15. The summed E-state index contributed by atoms with van der Waals surface area (Å²) in [4.78, 5) is 12.0. The van der Waals surface area contributed by atoms with Crippen LogP contribution in [0.5, 0.6) is 0 Å². The molecule has 1 amide bonds. The van der Waals surface area contributed by atoms with Crippen molar-refractivity contribution in [3.63, 3.8) is 0 Å². The Morgan fingerprint density at radius 1 is 1.43 bits per heavy atom. The summed E-state index contributed by atoms with van der Waals surface area (Å²) >= 11 is 0. The van der Waals surface area contributed by atoms with Crippen LogP contribution in [0.3, 0.4) is 0 Å². The third kappa shape index (κ3) is 3.88. The molecule has 0 aliphatic carbocycles. The zero-order valence-corrected chi connectivity index (χ0v) is 12.5. The summed E-state index contributed by atoms with van der Waals surface area (Å²) in [5.74, 6) is 0.663. The number of aryl methyl sites for hydroxylation is 1. The summed E-state index contributed by atoms with van der Waals surface area (Å²) in [7, 11) is 0. The van der Waals surface area contributed by atoms with E-state index in [-0.39, 0.29) is 5.91 Å². The fraction of sp³-hybridized carbons (Fsp3) is 0.400. The summed E-state index contributed by atoms with van der Waals surface area (Å²) in [6.45, 7) is 5.98. The molecule has 1 atom stereocenters. The molecule has 0 radical (unpaired) electrons. The van der Waals surface area contributed by atoms with Crippen molar-refractivity contribution >= 4 is 11.6 Å². The molecule has 6 heteroatoms. The van der Waals surface area contributed by atoms with E-state index in [1.807, 2.05) is 39.0 Å².